The molecule has 0 unspecified atom stereocenters. The normalized spacial score (nSPS) is 13.1. The minimum absolute atomic E-state index is 0.136. The van der Waals surface area contributed by atoms with Crippen LogP contribution in [0.1, 0.15) is 22.5 Å². The number of nitrogens with one attached hydrogen (secondary N) is 1. The van der Waals surface area contributed by atoms with Crippen LogP contribution in [0.25, 0.3) is 10.8 Å². The van der Waals surface area contributed by atoms with Crippen molar-refractivity contribution in [1.29, 1.82) is 0 Å². The summed E-state index contributed by atoms with van der Waals surface area (Å²) < 4.78 is 6.71. The van der Waals surface area contributed by atoms with E-state index < -0.39 is 6.09 Å². The highest BCUT2D eigenvalue weighted by Crippen LogP contribution is 2.22. The molecule has 0 saturated carbocycles. The summed E-state index contributed by atoms with van der Waals surface area (Å²) in [4.78, 5) is 39.1. The zero-order valence-electron chi connectivity index (χ0n) is 15.7. The number of carbonyl (C=O) groups excluding carboxylic acids is 2. The monoisotopic (exact) mass is 413 g/mol. The van der Waals surface area contributed by atoms with E-state index in [0.717, 1.165) is 17.1 Å². The second-order valence-corrected chi connectivity index (χ2v) is 7.27. The van der Waals surface area contributed by atoms with Gasteiger partial charge in [-0.3, -0.25) is 4.79 Å². The fraction of sp³-hybridized carbons (Fsp3) is 0.333. The number of hydrogen-bond donors (Lipinski definition) is 1. The predicted octanol–water partition coefficient (Wildman–Crippen LogP) is 1.51. The molecule has 11 heteroatoms. The summed E-state index contributed by atoms with van der Waals surface area (Å²) in [6, 6.07) is 1.75. The Labute approximate surface area is 170 Å². The van der Waals surface area contributed by atoms with Gasteiger partial charge in [-0.2, -0.15) is 5.10 Å². The molecule has 0 radical (unpaired) electrons. The van der Waals surface area contributed by atoms with E-state index in [0.29, 0.717) is 31.9 Å². The third kappa shape index (κ3) is 4.24. The van der Waals surface area contributed by atoms with Gasteiger partial charge >= 0.3 is 6.09 Å². The summed E-state index contributed by atoms with van der Waals surface area (Å²) >= 11 is 1.45. The highest BCUT2D eigenvalue weighted by molar-refractivity contribution is 7.13. The first-order valence-corrected chi connectivity index (χ1v) is 9.98. The molecule has 150 valence electrons. The van der Waals surface area contributed by atoms with Crippen molar-refractivity contribution >= 4 is 23.3 Å². The van der Waals surface area contributed by atoms with Crippen LogP contribution in [0, 0.1) is 0 Å². The van der Waals surface area contributed by atoms with E-state index in [4.69, 9.17) is 4.74 Å². The molecular formula is C18H19N7O3S. The molecule has 1 N–H and O–H groups in total. The Morgan fingerprint density at radius 3 is 2.79 bits per heavy atom. The van der Waals surface area contributed by atoms with Crippen molar-refractivity contribution in [3.8, 4) is 16.7 Å². The number of nitrogens with zero attached hydrogens (tertiary/aromatic N) is 6. The number of aryl methyl sites for hydroxylation is 1. The van der Waals surface area contributed by atoms with E-state index in [9.17, 15) is 9.59 Å². The van der Waals surface area contributed by atoms with Crippen LogP contribution in [-0.2, 0) is 13.5 Å². The topological polar surface area (TPSA) is 115 Å². The first kappa shape index (κ1) is 19.0. The number of thiazole rings is 1. The Morgan fingerprint density at radius 2 is 2.07 bits per heavy atom. The number of rotatable bonds is 6. The number of ether oxygens (including phenoxy) is 1. The van der Waals surface area contributed by atoms with Crippen LogP contribution in [0.15, 0.2) is 30.0 Å². The summed E-state index contributed by atoms with van der Waals surface area (Å²) in [5, 5.41) is 9.35. The lowest BCUT2D eigenvalue weighted by Crippen LogP contribution is -2.42. The molecule has 10 nitrogen and oxygen atoms in total. The Morgan fingerprint density at radius 1 is 1.28 bits per heavy atom. The minimum Gasteiger partial charge on any atom is -0.391 e. The van der Waals surface area contributed by atoms with Crippen molar-refractivity contribution in [1.82, 2.24) is 34.9 Å². The van der Waals surface area contributed by atoms with Crippen LogP contribution < -0.4 is 10.1 Å². The molecule has 4 heterocycles. The second-order valence-electron chi connectivity index (χ2n) is 6.42. The molecule has 2 amide bonds. The summed E-state index contributed by atoms with van der Waals surface area (Å²) in [5.74, 6) is 0.536. The van der Waals surface area contributed by atoms with Crippen molar-refractivity contribution < 1.29 is 14.3 Å². The zero-order chi connectivity index (χ0) is 20.2. The van der Waals surface area contributed by atoms with Crippen LogP contribution in [0.5, 0.6) is 5.88 Å². The first-order valence-electron chi connectivity index (χ1n) is 9.10. The summed E-state index contributed by atoms with van der Waals surface area (Å²) in [6.45, 7) is 1.76. The SMILES string of the molecule is Cn1ncc(C(=O)N2CCC2)c1OC(=O)NCCc1csc(-c2ncccn2)n1. The van der Waals surface area contributed by atoms with Crippen molar-refractivity contribution in [3.05, 3.63) is 41.3 Å². The number of likely N-dealkylation sites (tertiary alicyclic amines) is 1. The standard InChI is InChI=1S/C18H19N7O3S/c1-24-17(13(10-22-24)16(26)25-8-3-9-25)28-18(27)21-7-4-12-11-29-15(23-12)14-19-5-2-6-20-14/h2,5-6,10-11H,3-4,7-9H2,1H3,(H,21,27). The number of aromatic nitrogens is 5. The molecular weight excluding hydrogens is 394 g/mol. The smallest absolute Gasteiger partial charge is 0.391 e. The lowest BCUT2D eigenvalue weighted by atomic mass is 10.2. The summed E-state index contributed by atoms with van der Waals surface area (Å²) in [5.41, 5.74) is 1.11. The molecule has 0 bridgehead atoms. The molecule has 1 aliphatic heterocycles. The van der Waals surface area contributed by atoms with Gasteiger partial charge in [-0.15, -0.1) is 11.3 Å². The molecule has 0 aliphatic carbocycles. The van der Waals surface area contributed by atoms with Crippen LogP contribution in [-0.4, -0.2) is 61.3 Å². The predicted molar refractivity (Wildman–Crippen MR) is 105 cm³/mol. The summed E-state index contributed by atoms with van der Waals surface area (Å²) in [6.07, 6.45) is 5.63. The fourth-order valence-electron chi connectivity index (χ4n) is 2.73. The van der Waals surface area contributed by atoms with Gasteiger partial charge < -0.3 is 15.0 Å². The second kappa shape index (κ2) is 8.35. The summed E-state index contributed by atoms with van der Waals surface area (Å²) in [7, 11) is 1.62. The van der Waals surface area contributed by atoms with Crippen molar-refractivity contribution in [2.24, 2.45) is 7.05 Å². The van der Waals surface area contributed by atoms with Gasteiger partial charge in [0.25, 0.3) is 5.91 Å². The molecule has 3 aromatic rings. The highest BCUT2D eigenvalue weighted by Gasteiger charge is 2.27. The van der Waals surface area contributed by atoms with Gasteiger partial charge in [-0.05, 0) is 12.5 Å². The van der Waals surface area contributed by atoms with Gasteiger partial charge in [0.05, 0.1) is 11.9 Å². The van der Waals surface area contributed by atoms with Crippen molar-refractivity contribution in [2.45, 2.75) is 12.8 Å². The van der Waals surface area contributed by atoms with Gasteiger partial charge in [0.2, 0.25) is 5.88 Å². The number of carbonyl (C=O) groups is 2. The van der Waals surface area contributed by atoms with Crippen LogP contribution in [0.4, 0.5) is 4.79 Å². The number of amides is 2. The quantitative estimate of drug-likeness (QED) is 0.651. The maximum Gasteiger partial charge on any atom is 0.413 e. The third-order valence-electron chi connectivity index (χ3n) is 4.41. The zero-order valence-corrected chi connectivity index (χ0v) is 16.6. The molecule has 4 rings (SSSR count). The van der Waals surface area contributed by atoms with E-state index >= 15 is 0 Å². The van der Waals surface area contributed by atoms with Crippen LogP contribution >= 0.6 is 11.3 Å². The Hall–Kier alpha value is -3.34. The maximum atomic E-state index is 12.4. The van der Waals surface area contributed by atoms with Gasteiger partial charge in [0.15, 0.2) is 10.8 Å². The molecule has 0 atom stereocenters. The average molecular weight is 413 g/mol. The van der Waals surface area contributed by atoms with E-state index in [-0.39, 0.29) is 17.4 Å². The molecule has 1 saturated heterocycles. The third-order valence-corrected chi connectivity index (χ3v) is 5.29. The first-order chi connectivity index (χ1) is 14.1. The van der Waals surface area contributed by atoms with Gasteiger partial charge in [0, 0.05) is 50.9 Å². The Balaban J connectivity index is 1.30. The average Bonchev–Trinajstić information content (AvgIpc) is 3.29. The van der Waals surface area contributed by atoms with Gasteiger partial charge in [-0.25, -0.2) is 24.4 Å². The van der Waals surface area contributed by atoms with Gasteiger partial charge in [0.1, 0.15) is 5.56 Å². The largest absolute Gasteiger partial charge is 0.413 e. The Bertz CT molecular complexity index is 1010. The van der Waals surface area contributed by atoms with E-state index in [2.05, 4.69) is 25.4 Å². The van der Waals surface area contributed by atoms with E-state index in [1.54, 1.807) is 30.4 Å². The van der Waals surface area contributed by atoms with Crippen molar-refractivity contribution in [3.63, 3.8) is 0 Å². The molecule has 3 aromatic heterocycles. The van der Waals surface area contributed by atoms with Gasteiger partial charge in [-0.1, -0.05) is 0 Å². The van der Waals surface area contributed by atoms with Crippen molar-refractivity contribution in [2.75, 3.05) is 19.6 Å². The lowest BCUT2D eigenvalue weighted by molar-refractivity contribution is 0.0648. The fourth-order valence-corrected chi connectivity index (χ4v) is 3.53. The Kier molecular flexibility index (Phi) is 5.47. The molecule has 1 fully saturated rings. The number of hydrogen-bond acceptors (Lipinski definition) is 8. The maximum absolute atomic E-state index is 12.4. The molecule has 0 spiro atoms. The minimum atomic E-state index is -0.645. The van der Waals surface area contributed by atoms with Crippen LogP contribution in [0.2, 0.25) is 0 Å². The lowest BCUT2D eigenvalue weighted by Gasteiger charge is -2.30. The van der Waals surface area contributed by atoms with Crippen LogP contribution in [0.3, 0.4) is 0 Å². The molecule has 0 aromatic carbocycles. The van der Waals surface area contributed by atoms with E-state index in [1.807, 2.05) is 5.38 Å². The van der Waals surface area contributed by atoms with E-state index in [1.165, 1.54) is 22.2 Å². The molecule has 1 aliphatic rings. The highest BCUT2D eigenvalue weighted by atomic mass is 32.1. The molecule has 29 heavy (non-hydrogen) atoms.